The first-order chi connectivity index (χ1) is 7.90. The smallest absolute Gasteiger partial charge is 0.324 e. The fraction of sp³-hybridized carbons (Fsp3) is 0.727. The molecule has 0 aromatic heterocycles. The Hall–Kier alpha value is -1.59. The van der Waals surface area contributed by atoms with Crippen LogP contribution in [-0.2, 0) is 9.59 Å². The van der Waals surface area contributed by atoms with Crippen LogP contribution in [0.2, 0.25) is 0 Å². The van der Waals surface area contributed by atoms with Crippen LogP contribution in [0.3, 0.4) is 0 Å². The van der Waals surface area contributed by atoms with E-state index < -0.39 is 17.9 Å². The summed E-state index contributed by atoms with van der Waals surface area (Å²) in [5.74, 6) is -1.66. The summed E-state index contributed by atoms with van der Waals surface area (Å²) < 4.78 is 0. The zero-order valence-corrected chi connectivity index (χ0v) is 10.5. The molecule has 0 aliphatic heterocycles. The molecule has 1 atom stereocenters. The van der Waals surface area contributed by atoms with Crippen molar-refractivity contribution in [1.82, 2.24) is 10.2 Å². The SMILES string of the molecule is CCN(CC)C(=O)NC(=O)CC(C)CC(=O)O. The quantitative estimate of drug-likeness (QED) is 0.731. The third-order valence-electron chi connectivity index (χ3n) is 2.35. The minimum absolute atomic E-state index is 0.0410. The third-order valence-corrected chi connectivity index (χ3v) is 2.35. The van der Waals surface area contributed by atoms with Crippen molar-refractivity contribution in [3.8, 4) is 0 Å². The maximum absolute atomic E-state index is 11.5. The second-order valence-electron chi connectivity index (χ2n) is 3.93. The number of carbonyl (C=O) groups is 3. The molecule has 0 spiro atoms. The van der Waals surface area contributed by atoms with Gasteiger partial charge in [0.15, 0.2) is 0 Å². The normalized spacial score (nSPS) is 11.7. The first kappa shape index (κ1) is 15.4. The number of hydrogen-bond donors (Lipinski definition) is 2. The van der Waals surface area contributed by atoms with Gasteiger partial charge in [-0.2, -0.15) is 0 Å². The van der Waals surface area contributed by atoms with Crippen LogP contribution in [0.15, 0.2) is 0 Å². The minimum Gasteiger partial charge on any atom is -0.481 e. The van der Waals surface area contributed by atoms with Gasteiger partial charge < -0.3 is 10.0 Å². The number of nitrogens with one attached hydrogen (secondary N) is 1. The number of imide groups is 1. The van der Waals surface area contributed by atoms with Gasteiger partial charge >= 0.3 is 12.0 Å². The van der Waals surface area contributed by atoms with Gasteiger partial charge in [0.2, 0.25) is 5.91 Å². The van der Waals surface area contributed by atoms with Gasteiger partial charge in [-0.25, -0.2) is 4.79 Å². The average Bonchev–Trinajstić information content (AvgIpc) is 2.17. The summed E-state index contributed by atoms with van der Waals surface area (Å²) in [6.07, 6.45) is -0.0355. The number of aliphatic carboxylic acids is 1. The van der Waals surface area contributed by atoms with E-state index in [1.54, 1.807) is 6.92 Å². The standard InChI is InChI=1S/C11H20N2O4/c1-4-13(5-2)11(17)12-9(14)6-8(3)7-10(15)16/h8H,4-7H2,1-3H3,(H,15,16)(H,12,14,17). The Morgan fingerprint density at radius 1 is 1.18 bits per heavy atom. The number of hydrogen-bond acceptors (Lipinski definition) is 3. The molecule has 0 aliphatic carbocycles. The maximum atomic E-state index is 11.5. The highest BCUT2D eigenvalue weighted by atomic mass is 16.4. The van der Waals surface area contributed by atoms with Crippen LogP contribution in [0.5, 0.6) is 0 Å². The van der Waals surface area contributed by atoms with Crippen LogP contribution >= 0.6 is 0 Å². The number of carbonyl (C=O) groups excluding carboxylic acids is 2. The van der Waals surface area contributed by atoms with E-state index >= 15 is 0 Å². The molecular weight excluding hydrogens is 224 g/mol. The van der Waals surface area contributed by atoms with E-state index in [0.717, 1.165) is 0 Å². The Bertz CT molecular complexity index is 287. The molecule has 0 heterocycles. The highest BCUT2D eigenvalue weighted by Crippen LogP contribution is 2.06. The lowest BCUT2D eigenvalue weighted by atomic mass is 10.0. The van der Waals surface area contributed by atoms with Crippen molar-refractivity contribution in [2.75, 3.05) is 13.1 Å². The van der Waals surface area contributed by atoms with Gasteiger partial charge in [-0.15, -0.1) is 0 Å². The lowest BCUT2D eigenvalue weighted by molar-refractivity contribution is -0.138. The Balaban J connectivity index is 4.09. The van der Waals surface area contributed by atoms with Crippen molar-refractivity contribution in [1.29, 1.82) is 0 Å². The molecule has 0 saturated heterocycles. The molecule has 3 amide bonds. The molecule has 0 rings (SSSR count). The van der Waals surface area contributed by atoms with Gasteiger partial charge in [0.25, 0.3) is 0 Å². The molecule has 6 heteroatoms. The molecule has 2 N–H and O–H groups in total. The van der Waals surface area contributed by atoms with Crippen LogP contribution in [0.4, 0.5) is 4.79 Å². The Morgan fingerprint density at radius 2 is 1.71 bits per heavy atom. The van der Waals surface area contributed by atoms with Crippen molar-refractivity contribution >= 4 is 17.9 Å². The first-order valence-electron chi connectivity index (χ1n) is 5.71. The van der Waals surface area contributed by atoms with E-state index in [2.05, 4.69) is 5.32 Å². The molecule has 6 nitrogen and oxygen atoms in total. The van der Waals surface area contributed by atoms with Crippen LogP contribution in [0.1, 0.15) is 33.6 Å². The van der Waals surface area contributed by atoms with Crippen LogP contribution < -0.4 is 5.32 Å². The number of rotatable bonds is 6. The van der Waals surface area contributed by atoms with Crippen LogP contribution in [0, 0.1) is 5.92 Å². The fourth-order valence-electron chi connectivity index (χ4n) is 1.45. The van der Waals surface area contributed by atoms with E-state index in [0.29, 0.717) is 13.1 Å². The van der Waals surface area contributed by atoms with Crippen molar-refractivity contribution in [2.24, 2.45) is 5.92 Å². The second-order valence-corrected chi connectivity index (χ2v) is 3.93. The molecular formula is C11H20N2O4. The summed E-state index contributed by atoms with van der Waals surface area (Å²) in [6, 6.07) is -0.428. The fourth-order valence-corrected chi connectivity index (χ4v) is 1.45. The molecule has 17 heavy (non-hydrogen) atoms. The zero-order valence-electron chi connectivity index (χ0n) is 10.5. The molecule has 98 valence electrons. The first-order valence-corrected chi connectivity index (χ1v) is 5.71. The number of carboxylic acids is 1. The van der Waals surface area contributed by atoms with E-state index in [9.17, 15) is 14.4 Å². The summed E-state index contributed by atoms with van der Waals surface area (Å²) in [5.41, 5.74) is 0. The van der Waals surface area contributed by atoms with Gasteiger partial charge in [0.1, 0.15) is 0 Å². The van der Waals surface area contributed by atoms with Gasteiger partial charge in [-0.1, -0.05) is 6.92 Å². The van der Waals surface area contributed by atoms with Crippen molar-refractivity contribution in [2.45, 2.75) is 33.6 Å². The number of urea groups is 1. The molecule has 0 saturated carbocycles. The van der Waals surface area contributed by atoms with Gasteiger partial charge in [-0.3, -0.25) is 14.9 Å². The third kappa shape index (κ3) is 6.55. The van der Waals surface area contributed by atoms with E-state index in [1.807, 2.05) is 13.8 Å². The van der Waals surface area contributed by atoms with Crippen LogP contribution in [-0.4, -0.2) is 41.0 Å². The molecule has 0 aromatic carbocycles. The molecule has 0 radical (unpaired) electrons. The number of amides is 3. The molecule has 0 aliphatic rings. The van der Waals surface area contributed by atoms with Crippen LogP contribution in [0.25, 0.3) is 0 Å². The van der Waals surface area contributed by atoms with Gasteiger partial charge in [-0.05, 0) is 19.8 Å². The van der Waals surface area contributed by atoms with E-state index in [1.165, 1.54) is 4.90 Å². The minimum atomic E-state index is -0.944. The summed E-state index contributed by atoms with van der Waals surface area (Å²) in [5, 5.41) is 10.8. The Kier molecular flexibility index (Phi) is 6.93. The Morgan fingerprint density at radius 3 is 2.12 bits per heavy atom. The lowest BCUT2D eigenvalue weighted by Gasteiger charge is -2.19. The van der Waals surface area contributed by atoms with E-state index in [4.69, 9.17) is 5.11 Å². The second kappa shape index (κ2) is 7.65. The molecule has 0 aromatic rings. The number of carboxylic acid groups (broad SMARTS) is 1. The molecule has 0 bridgehead atoms. The van der Waals surface area contributed by atoms with Gasteiger partial charge in [0, 0.05) is 25.9 Å². The van der Waals surface area contributed by atoms with Crippen molar-refractivity contribution in [3.05, 3.63) is 0 Å². The summed E-state index contributed by atoms with van der Waals surface area (Å²) in [6.45, 7) is 6.36. The molecule has 1 unspecified atom stereocenters. The predicted octanol–water partition coefficient (Wildman–Crippen LogP) is 1.07. The van der Waals surface area contributed by atoms with E-state index in [-0.39, 0.29) is 18.8 Å². The Labute approximate surface area is 101 Å². The summed E-state index contributed by atoms with van der Waals surface area (Å²) >= 11 is 0. The number of nitrogens with zero attached hydrogens (tertiary/aromatic N) is 1. The monoisotopic (exact) mass is 244 g/mol. The topological polar surface area (TPSA) is 86.7 Å². The lowest BCUT2D eigenvalue weighted by Crippen LogP contribution is -2.43. The highest BCUT2D eigenvalue weighted by Gasteiger charge is 2.16. The predicted molar refractivity (Wildman–Crippen MR) is 62.5 cm³/mol. The van der Waals surface area contributed by atoms with Gasteiger partial charge in [0.05, 0.1) is 0 Å². The molecule has 0 fully saturated rings. The summed E-state index contributed by atoms with van der Waals surface area (Å²) in [7, 11) is 0. The average molecular weight is 244 g/mol. The maximum Gasteiger partial charge on any atom is 0.324 e. The van der Waals surface area contributed by atoms with Crippen molar-refractivity contribution < 1.29 is 19.5 Å². The highest BCUT2D eigenvalue weighted by molar-refractivity contribution is 5.94. The largest absolute Gasteiger partial charge is 0.481 e. The zero-order chi connectivity index (χ0) is 13.4. The summed E-state index contributed by atoms with van der Waals surface area (Å²) in [4.78, 5) is 34.8. The van der Waals surface area contributed by atoms with Crippen molar-refractivity contribution in [3.63, 3.8) is 0 Å².